The maximum Gasteiger partial charge on any atom is 0.516 e. The van der Waals surface area contributed by atoms with Crippen molar-refractivity contribution in [2.75, 3.05) is 16.2 Å². The Kier molecular flexibility index (Phi) is 6.85. The Hall–Kier alpha value is -3.06. The number of anilines is 2. The number of alkyl halides is 3. The number of nitrogens with zero attached hydrogens (tertiary/aromatic N) is 5. The number of nitrogens with one attached hydrogen (secondary N) is 1. The van der Waals surface area contributed by atoms with Crippen LogP contribution in [0.15, 0.2) is 64.3 Å². The first kappa shape index (κ1) is 22.6. The molecule has 0 radical (unpaired) electrons. The number of aromatic nitrogens is 2. The molecule has 0 amide bonds. The normalized spacial score (nSPS) is 12.3. The quantitative estimate of drug-likeness (QED) is 0.454. The van der Waals surface area contributed by atoms with Gasteiger partial charge in [0.2, 0.25) is 0 Å². The number of sulfonamides is 1. The lowest BCUT2D eigenvalue weighted by Gasteiger charge is -2.24. The molecule has 3 aromatic rings. The molecule has 0 aliphatic heterocycles. The minimum absolute atomic E-state index is 0.0949. The third-order valence-electron chi connectivity index (χ3n) is 4.08. The molecule has 3 rings (SSSR count). The molecule has 0 atom stereocenters. The van der Waals surface area contributed by atoms with E-state index in [0.717, 1.165) is 16.9 Å². The second-order valence-electron chi connectivity index (χ2n) is 6.17. The Morgan fingerprint density at radius 1 is 1.13 bits per heavy atom. The van der Waals surface area contributed by atoms with Crippen LogP contribution >= 0.6 is 11.3 Å². The van der Waals surface area contributed by atoms with E-state index in [1.807, 2.05) is 42.2 Å². The summed E-state index contributed by atoms with van der Waals surface area (Å²) in [7, 11) is -5.65. The second kappa shape index (κ2) is 9.39. The zero-order valence-electron chi connectivity index (χ0n) is 16.1. The average Bonchev–Trinajstić information content (AvgIpc) is 3.24. The molecule has 0 spiro atoms. The first-order chi connectivity index (χ1) is 14.7. The van der Waals surface area contributed by atoms with Crippen LogP contribution in [0.4, 0.5) is 35.4 Å². The van der Waals surface area contributed by atoms with E-state index >= 15 is 0 Å². The zero-order valence-corrected chi connectivity index (χ0v) is 17.7. The molecule has 31 heavy (non-hydrogen) atoms. The van der Waals surface area contributed by atoms with Gasteiger partial charge in [-0.3, -0.25) is 4.72 Å². The van der Waals surface area contributed by atoms with Gasteiger partial charge in [-0.05, 0) is 30.7 Å². The van der Waals surface area contributed by atoms with Crippen molar-refractivity contribution in [1.29, 1.82) is 0 Å². The molecular weight excluding hydrogens is 453 g/mol. The molecule has 1 heterocycles. The van der Waals surface area contributed by atoms with Gasteiger partial charge < -0.3 is 4.90 Å². The molecule has 13 heteroatoms. The van der Waals surface area contributed by atoms with Crippen LogP contribution in [0.2, 0.25) is 0 Å². The molecule has 0 saturated carbocycles. The molecule has 0 unspecified atom stereocenters. The van der Waals surface area contributed by atoms with Gasteiger partial charge in [-0.25, -0.2) is 0 Å². The summed E-state index contributed by atoms with van der Waals surface area (Å²) >= 11 is 1.07. The third-order valence-corrected chi connectivity index (χ3v) is 5.76. The van der Waals surface area contributed by atoms with Gasteiger partial charge in [0, 0.05) is 18.8 Å². The van der Waals surface area contributed by atoms with Crippen LogP contribution in [-0.2, 0) is 16.6 Å². The van der Waals surface area contributed by atoms with Crippen LogP contribution in [0.1, 0.15) is 12.5 Å². The maximum absolute atomic E-state index is 12.9. The summed E-state index contributed by atoms with van der Waals surface area (Å²) in [6, 6.07) is 13.8. The van der Waals surface area contributed by atoms with E-state index in [4.69, 9.17) is 0 Å². The number of rotatable bonds is 8. The Morgan fingerprint density at radius 2 is 1.87 bits per heavy atom. The smallest absolute Gasteiger partial charge is 0.367 e. The highest BCUT2D eigenvalue weighted by atomic mass is 32.2. The monoisotopic (exact) mass is 470 g/mol. The fourth-order valence-electron chi connectivity index (χ4n) is 2.59. The molecule has 0 saturated heterocycles. The fraction of sp³-hybridized carbons (Fsp3) is 0.222. The highest BCUT2D eigenvalue weighted by Gasteiger charge is 2.46. The summed E-state index contributed by atoms with van der Waals surface area (Å²) in [6.45, 7) is 2.89. The summed E-state index contributed by atoms with van der Waals surface area (Å²) in [5.41, 5.74) is -3.02. The first-order valence-electron chi connectivity index (χ1n) is 8.89. The molecule has 1 N–H and O–H groups in total. The predicted octanol–water partition coefficient (Wildman–Crippen LogP) is 5.24. The van der Waals surface area contributed by atoms with E-state index < -0.39 is 15.5 Å². The standard InChI is InChI=1S/C18H17F3N6O2S2/c1-2-27(11-13-6-4-3-5-7-13)14-8-9-15(23-25-17-24-22-12-30-17)16(10-14)26-31(28,29)18(19,20)21/h3-10,12,26H,2,11H2,1H3. The topological polar surface area (TPSA) is 99.9 Å². The molecule has 2 aromatic carbocycles. The highest BCUT2D eigenvalue weighted by Crippen LogP contribution is 2.35. The molecule has 1 aromatic heterocycles. The number of hydrogen-bond donors (Lipinski definition) is 1. The molecule has 0 aliphatic rings. The lowest BCUT2D eigenvalue weighted by Crippen LogP contribution is -2.30. The molecular formula is C18H17F3N6O2S2. The van der Waals surface area contributed by atoms with Crippen LogP contribution < -0.4 is 9.62 Å². The van der Waals surface area contributed by atoms with Gasteiger partial charge in [0.1, 0.15) is 11.2 Å². The molecule has 0 fully saturated rings. The summed E-state index contributed by atoms with van der Waals surface area (Å²) < 4.78 is 63.8. The SMILES string of the molecule is CCN(Cc1ccccc1)c1ccc(N=Nc2nncs2)c(NS(=O)(=O)C(F)(F)F)c1. The molecule has 0 aliphatic carbocycles. The van der Waals surface area contributed by atoms with Crippen molar-refractivity contribution in [2.24, 2.45) is 10.2 Å². The Balaban J connectivity index is 1.98. The van der Waals surface area contributed by atoms with Gasteiger partial charge in [0.05, 0.1) is 5.69 Å². The van der Waals surface area contributed by atoms with Gasteiger partial charge in [-0.2, -0.15) is 21.6 Å². The fourth-order valence-corrected chi connectivity index (χ4v) is 3.53. The van der Waals surface area contributed by atoms with Crippen molar-refractivity contribution in [3.05, 3.63) is 59.6 Å². The van der Waals surface area contributed by atoms with Crippen molar-refractivity contribution in [1.82, 2.24) is 10.2 Å². The van der Waals surface area contributed by atoms with E-state index in [9.17, 15) is 21.6 Å². The van der Waals surface area contributed by atoms with Gasteiger partial charge in [-0.15, -0.1) is 20.4 Å². The second-order valence-corrected chi connectivity index (χ2v) is 8.66. The Labute approximate surface area is 180 Å². The van der Waals surface area contributed by atoms with Crippen LogP contribution in [0, 0.1) is 0 Å². The van der Waals surface area contributed by atoms with Gasteiger partial charge in [0.15, 0.2) is 0 Å². The minimum atomic E-state index is -5.65. The van der Waals surface area contributed by atoms with E-state index in [-0.39, 0.29) is 16.5 Å². The minimum Gasteiger partial charge on any atom is -0.367 e. The highest BCUT2D eigenvalue weighted by molar-refractivity contribution is 7.93. The predicted molar refractivity (Wildman–Crippen MR) is 112 cm³/mol. The number of azo groups is 1. The van der Waals surface area contributed by atoms with Gasteiger partial charge in [-0.1, -0.05) is 41.7 Å². The van der Waals surface area contributed by atoms with Crippen molar-refractivity contribution in [3.8, 4) is 0 Å². The van der Waals surface area contributed by atoms with Gasteiger partial charge in [0.25, 0.3) is 5.13 Å². The Bertz CT molecular complexity index is 1140. The number of halogens is 3. The van der Waals surface area contributed by atoms with Crippen LogP contribution in [0.3, 0.4) is 0 Å². The van der Waals surface area contributed by atoms with E-state index in [1.54, 1.807) is 10.8 Å². The molecule has 0 bridgehead atoms. The number of hydrogen-bond acceptors (Lipinski definition) is 8. The lowest BCUT2D eigenvalue weighted by atomic mass is 10.2. The van der Waals surface area contributed by atoms with E-state index in [2.05, 4.69) is 20.4 Å². The van der Waals surface area contributed by atoms with Crippen molar-refractivity contribution >= 4 is 43.6 Å². The summed E-state index contributed by atoms with van der Waals surface area (Å²) in [5, 5.41) is 15.1. The average molecular weight is 471 g/mol. The maximum atomic E-state index is 12.9. The van der Waals surface area contributed by atoms with Crippen LogP contribution in [0.5, 0.6) is 0 Å². The zero-order chi connectivity index (χ0) is 22.5. The van der Waals surface area contributed by atoms with Crippen LogP contribution in [0.25, 0.3) is 0 Å². The van der Waals surface area contributed by atoms with Crippen LogP contribution in [-0.4, -0.2) is 30.7 Å². The van der Waals surface area contributed by atoms with Crippen molar-refractivity contribution in [2.45, 2.75) is 19.0 Å². The van der Waals surface area contributed by atoms with E-state index in [0.29, 0.717) is 18.8 Å². The van der Waals surface area contributed by atoms with E-state index in [1.165, 1.54) is 17.6 Å². The summed E-state index contributed by atoms with van der Waals surface area (Å²) in [5.74, 6) is 0. The number of benzene rings is 2. The molecule has 8 nitrogen and oxygen atoms in total. The van der Waals surface area contributed by atoms with Gasteiger partial charge >= 0.3 is 15.5 Å². The summed E-state index contributed by atoms with van der Waals surface area (Å²) in [4.78, 5) is 1.88. The third kappa shape index (κ3) is 5.76. The van der Waals surface area contributed by atoms with Crippen molar-refractivity contribution in [3.63, 3.8) is 0 Å². The lowest BCUT2D eigenvalue weighted by molar-refractivity contribution is -0.0429. The Morgan fingerprint density at radius 3 is 2.48 bits per heavy atom. The first-order valence-corrected chi connectivity index (χ1v) is 11.3. The summed E-state index contributed by atoms with van der Waals surface area (Å²) in [6.07, 6.45) is 0. The largest absolute Gasteiger partial charge is 0.516 e. The van der Waals surface area contributed by atoms with Crippen molar-refractivity contribution < 1.29 is 21.6 Å². The molecule has 164 valence electrons.